The molecule has 2 aromatic carbocycles. The Morgan fingerprint density at radius 3 is 2.70 bits per heavy atom. The van der Waals surface area contributed by atoms with Crippen molar-refractivity contribution in [2.45, 2.75) is 26.7 Å². The van der Waals surface area contributed by atoms with Crippen molar-refractivity contribution in [2.24, 2.45) is 5.92 Å². The highest BCUT2D eigenvalue weighted by Gasteiger charge is 2.14. The second-order valence-corrected chi connectivity index (χ2v) is 6.13. The molecule has 0 bridgehead atoms. The minimum Gasteiger partial charge on any atom is -0.495 e. The third-order valence-electron chi connectivity index (χ3n) is 3.92. The normalized spacial score (nSPS) is 11.3. The van der Waals surface area contributed by atoms with Crippen LogP contribution in [0.1, 0.15) is 26.7 Å². The van der Waals surface area contributed by atoms with Crippen molar-refractivity contribution < 1.29 is 13.9 Å². The topological polar surface area (TPSA) is 51.5 Å². The standard InChI is InChI=1S/C19H21NO3/c1-12(2)8-9-19(21)20-15-11-17-14(10-18(15)22-3)13-6-4-5-7-16(13)23-17/h4-7,10-12H,8-9H2,1-3H3,(H,20,21). The number of hydrogen-bond donors (Lipinski definition) is 1. The van der Waals surface area contributed by atoms with E-state index in [1.807, 2.05) is 36.4 Å². The summed E-state index contributed by atoms with van der Waals surface area (Å²) in [6.07, 6.45) is 1.36. The molecule has 0 spiro atoms. The number of ether oxygens (including phenoxy) is 1. The first-order chi connectivity index (χ1) is 11.1. The molecule has 0 saturated heterocycles. The number of para-hydroxylation sites is 1. The number of hydrogen-bond acceptors (Lipinski definition) is 3. The van der Waals surface area contributed by atoms with Crippen molar-refractivity contribution in [1.82, 2.24) is 0 Å². The van der Waals surface area contributed by atoms with Crippen LogP contribution in [0.4, 0.5) is 5.69 Å². The Hall–Kier alpha value is -2.49. The van der Waals surface area contributed by atoms with Crippen LogP contribution >= 0.6 is 0 Å². The Bertz CT molecular complexity index is 848. The summed E-state index contributed by atoms with van der Waals surface area (Å²) in [5.41, 5.74) is 2.21. The summed E-state index contributed by atoms with van der Waals surface area (Å²) in [6, 6.07) is 11.6. The lowest BCUT2D eigenvalue weighted by Gasteiger charge is -2.11. The highest BCUT2D eigenvalue weighted by Crippen LogP contribution is 2.36. The lowest BCUT2D eigenvalue weighted by Crippen LogP contribution is -2.12. The van der Waals surface area contributed by atoms with Gasteiger partial charge in [0, 0.05) is 23.3 Å². The fourth-order valence-electron chi connectivity index (χ4n) is 2.65. The van der Waals surface area contributed by atoms with E-state index in [1.54, 1.807) is 7.11 Å². The third-order valence-corrected chi connectivity index (χ3v) is 3.92. The van der Waals surface area contributed by atoms with E-state index >= 15 is 0 Å². The predicted octanol–water partition coefficient (Wildman–Crippen LogP) is 4.97. The fraction of sp³-hybridized carbons (Fsp3) is 0.316. The maximum atomic E-state index is 12.1. The maximum Gasteiger partial charge on any atom is 0.224 e. The van der Waals surface area contributed by atoms with Gasteiger partial charge in [0.15, 0.2) is 0 Å². The molecule has 3 aromatic rings. The number of rotatable bonds is 5. The molecule has 1 amide bonds. The van der Waals surface area contributed by atoms with E-state index in [4.69, 9.17) is 9.15 Å². The summed E-state index contributed by atoms with van der Waals surface area (Å²) < 4.78 is 11.3. The van der Waals surface area contributed by atoms with Gasteiger partial charge in [0.25, 0.3) is 0 Å². The number of fused-ring (bicyclic) bond motifs is 3. The first-order valence-corrected chi connectivity index (χ1v) is 7.87. The zero-order valence-corrected chi connectivity index (χ0v) is 13.7. The molecule has 1 heterocycles. The van der Waals surface area contributed by atoms with E-state index in [0.29, 0.717) is 23.8 Å². The van der Waals surface area contributed by atoms with Gasteiger partial charge in [-0.3, -0.25) is 4.79 Å². The largest absolute Gasteiger partial charge is 0.495 e. The zero-order valence-electron chi connectivity index (χ0n) is 13.7. The van der Waals surface area contributed by atoms with Crippen LogP contribution in [0, 0.1) is 5.92 Å². The minimum atomic E-state index is -0.00698. The molecule has 1 aromatic heterocycles. The van der Waals surface area contributed by atoms with Crippen LogP contribution in [0.3, 0.4) is 0 Å². The molecule has 4 nitrogen and oxygen atoms in total. The van der Waals surface area contributed by atoms with E-state index in [2.05, 4.69) is 19.2 Å². The van der Waals surface area contributed by atoms with E-state index in [-0.39, 0.29) is 5.91 Å². The van der Waals surface area contributed by atoms with Crippen molar-refractivity contribution in [2.75, 3.05) is 12.4 Å². The van der Waals surface area contributed by atoms with E-state index in [0.717, 1.165) is 28.4 Å². The smallest absolute Gasteiger partial charge is 0.224 e. The number of anilines is 1. The van der Waals surface area contributed by atoms with Crippen LogP contribution < -0.4 is 10.1 Å². The molecule has 0 fully saturated rings. The van der Waals surface area contributed by atoms with Gasteiger partial charge in [-0.05, 0) is 24.5 Å². The molecule has 0 aliphatic carbocycles. The second-order valence-electron chi connectivity index (χ2n) is 6.13. The third kappa shape index (κ3) is 3.16. The van der Waals surface area contributed by atoms with Crippen molar-refractivity contribution in [3.8, 4) is 5.75 Å². The summed E-state index contributed by atoms with van der Waals surface area (Å²) in [5, 5.41) is 4.95. The lowest BCUT2D eigenvalue weighted by atomic mass is 10.1. The summed E-state index contributed by atoms with van der Waals surface area (Å²) in [5.74, 6) is 1.13. The van der Waals surface area contributed by atoms with E-state index < -0.39 is 0 Å². The zero-order chi connectivity index (χ0) is 16.4. The molecule has 120 valence electrons. The van der Waals surface area contributed by atoms with Crippen molar-refractivity contribution >= 4 is 33.5 Å². The predicted molar refractivity (Wildman–Crippen MR) is 93.0 cm³/mol. The van der Waals surface area contributed by atoms with Crippen molar-refractivity contribution in [3.05, 3.63) is 36.4 Å². The number of carbonyl (C=O) groups is 1. The number of benzene rings is 2. The van der Waals surface area contributed by atoms with Gasteiger partial charge in [-0.1, -0.05) is 32.0 Å². The van der Waals surface area contributed by atoms with Crippen molar-refractivity contribution in [3.63, 3.8) is 0 Å². The second kappa shape index (κ2) is 6.32. The molecular formula is C19H21NO3. The van der Waals surface area contributed by atoms with Crippen LogP contribution in [-0.4, -0.2) is 13.0 Å². The average Bonchev–Trinajstić information content (AvgIpc) is 2.89. The van der Waals surface area contributed by atoms with E-state index in [1.165, 1.54) is 0 Å². The Morgan fingerprint density at radius 2 is 1.96 bits per heavy atom. The monoisotopic (exact) mass is 311 g/mol. The van der Waals surface area contributed by atoms with Crippen molar-refractivity contribution in [1.29, 1.82) is 0 Å². The number of furan rings is 1. The Morgan fingerprint density at radius 1 is 1.17 bits per heavy atom. The number of methoxy groups -OCH3 is 1. The van der Waals surface area contributed by atoms with Gasteiger partial charge in [0.1, 0.15) is 16.9 Å². The van der Waals surface area contributed by atoms with Crippen LogP contribution in [-0.2, 0) is 4.79 Å². The average molecular weight is 311 g/mol. The number of nitrogens with one attached hydrogen (secondary N) is 1. The van der Waals surface area contributed by atoms with Gasteiger partial charge < -0.3 is 14.5 Å². The lowest BCUT2D eigenvalue weighted by molar-refractivity contribution is -0.116. The van der Waals surface area contributed by atoms with Gasteiger partial charge in [-0.15, -0.1) is 0 Å². The number of amides is 1. The summed E-state index contributed by atoms with van der Waals surface area (Å²) in [6.45, 7) is 4.21. The molecule has 0 radical (unpaired) electrons. The molecule has 0 unspecified atom stereocenters. The maximum absolute atomic E-state index is 12.1. The van der Waals surface area contributed by atoms with Gasteiger partial charge in [-0.2, -0.15) is 0 Å². The Balaban J connectivity index is 1.96. The highest BCUT2D eigenvalue weighted by atomic mass is 16.5. The first-order valence-electron chi connectivity index (χ1n) is 7.87. The van der Waals surface area contributed by atoms with Gasteiger partial charge >= 0.3 is 0 Å². The van der Waals surface area contributed by atoms with Crippen LogP contribution in [0.5, 0.6) is 5.75 Å². The summed E-state index contributed by atoms with van der Waals surface area (Å²) >= 11 is 0. The van der Waals surface area contributed by atoms with Gasteiger partial charge in [-0.25, -0.2) is 0 Å². The minimum absolute atomic E-state index is 0.00698. The molecular weight excluding hydrogens is 290 g/mol. The molecule has 4 heteroatoms. The molecule has 0 atom stereocenters. The summed E-state index contributed by atoms with van der Waals surface area (Å²) in [7, 11) is 1.60. The van der Waals surface area contributed by atoms with Gasteiger partial charge in [0.2, 0.25) is 5.91 Å². The SMILES string of the molecule is COc1cc2c(cc1NC(=O)CCC(C)C)oc1ccccc12. The highest BCUT2D eigenvalue weighted by molar-refractivity contribution is 6.07. The molecule has 0 aliphatic rings. The molecule has 1 N–H and O–H groups in total. The van der Waals surface area contributed by atoms with Gasteiger partial charge in [0.05, 0.1) is 12.8 Å². The molecule has 0 saturated carbocycles. The number of carbonyl (C=O) groups excluding carboxylic acids is 1. The molecule has 0 aliphatic heterocycles. The van der Waals surface area contributed by atoms with Crippen LogP contribution in [0.2, 0.25) is 0 Å². The first kappa shape index (κ1) is 15.4. The molecule has 23 heavy (non-hydrogen) atoms. The van der Waals surface area contributed by atoms with E-state index in [9.17, 15) is 4.79 Å². The Labute approximate surface area is 135 Å². The Kier molecular flexibility index (Phi) is 4.24. The molecule has 3 rings (SSSR count). The summed E-state index contributed by atoms with van der Waals surface area (Å²) in [4.78, 5) is 12.1. The quantitative estimate of drug-likeness (QED) is 0.724. The van der Waals surface area contributed by atoms with Crippen LogP contribution in [0.25, 0.3) is 21.9 Å². The fourth-order valence-corrected chi connectivity index (χ4v) is 2.65. The van der Waals surface area contributed by atoms with Crippen LogP contribution in [0.15, 0.2) is 40.8 Å².